The van der Waals surface area contributed by atoms with Crippen molar-refractivity contribution in [3.8, 4) is 0 Å². The number of fused-ring (bicyclic) bond motifs is 3. The molecule has 1 amide bonds. The molecule has 142 valence electrons. The molecule has 0 radical (unpaired) electrons. The normalized spacial score (nSPS) is 15.7. The molecule has 0 spiro atoms. The molecular weight excluding hydrogens is 383 g/mol. The van der Waals surface area contributed by atoms with Crippen LogP contribution in [0.3, 0.4) is 0 Å². The molecule has 2 aromatic heterocycles. The van der Waals surface area contributed by atoms with Crippen LogP contribution in [-0.2, 0) is 4.79 Å². The van der Waals surface area contributed by atoms with Gasteiger partial charge in [-0.25, -0.2) is 14.4 Å². The molecule has 0 aliphatic carbocycles. The van der Waals surface area contributed by atoms with E-state index in [1.807, 2.05) is 11.0 Å². The quantitative estimate of drug-likeness (QED) is 0.480. The van der Waals surface area contributed by atoms with Gasteiger partial charge in [0, 0.05) is 30.9 Å². The Labute approximate surface area is 165 Å². The Morgan fingerprint density at radius 2 is 2.07 bits per heavy atom. The molecule has 0 unspecified atom stereocenters. The Balaban J connectivity index is 1.47. The number of thiophene rings is 1. The van der Waals surface area contributed by atoms with Crippen LogP contribution in [0.2, 0.25) is 0 Å². The summed E-state index contributed by atoms with van der Waals surface area (Å²) in [7, 11) is 0. The number of thioether (sulfide) groups is 1. The number of rotatable bonds is 5. The minimum Gasteiger partial charge on any atom is -0.339 e. The van der Waals surface area contributed by atoms with Gasteiger partial charge in [-0.1, -0.05) is 24.8 Å². The number of amides is 1. The summed E-state index contributed by atoms with van der Waals surface area (Å²) in [6.45, 7) is 6.73. The highest BCUT2D eigenvalue weighted by Crippen LogP contribution is 2.38. The molecule has 0 N–H and O–H groups in total. The summed E-state index contributed by atoms with van der Waals surface area (Å²) < 4.78 is 15.9. The van der Waals surface area contributed by atoms with Crippen LogP contribution in [-0.4, -0.2) is 64.2 Å². The van der Waals surface area contributed by atoms with Gasteiger partial charge in [0.1, 0.15) is 17.2 Å². The van der Waals surface area contributed by atoms with Gasteiger partial charge in [-0.05, 0) is 25.1 Å². The summed E-state index contributed by atoms with van der Waals surface area (Å²) in [5, 5.41) is 1.29. The van der Waals surface area contributed by atoms with E-state index in [-0.39, 0.29) is 11.7 Å². The number of carbonyl (C=O) groups is 1. The van der Waals surface area contributed by atoms with Crippen molar-refractivity contribution in [3.63, 3.8) is 0 Å². The van der Waals surface area contributed by atoms with Crippen LogP contribution >= 0.6 is 23.1 Å². The fraction of sp³-hybridized carbons (Fsp3) is 0.421. The zero-order valence-electron chi connectivity index (χ0n) is 15.2. The first kappa shape index (κ1) is 18.6. The van der Waals surface area contributed by atoms with Crippen LogP contribution in [0.25, 0.3) is 20.3 Å². The Bertz CT molecular complexity index is 969. The van der Waals surface area contributed by atoms with E-state index in [1.54, 1.807) is 6.07 Å². The maximum atomic E-state index is 14.2. The average molecular weight is 405 g/mol. The van der Waals surface area contributed by atoms with Crippen molar-refractivity contribution in [1.82, 2.24) is 19.8 Å². The van der Waals surface area contributed by atoms with Crippen molar-refractivity contribution in [2.24, 2.45) is 0 Å². The Morgan fingerprint density at radius 1 is 1.26 bits per heavy atom. The van der Waals surface area contributed by atoms with E-state index in [2.05, 4.69) is 21.8 Å². The highest BCUT2D eigenvalue weighted by molar-refractivity contribution is 8.00. The molecule has 1 saturated heterocycles. The molecule has 1 aliphatic heterocycles. The second-order valence-electron chi connectivity index (χ2n) is 6.58. The van der Waals surface area contributed by atoms with Crippen molar-refractivity contribution < 1.29 is 9.18 Å². The smallest absolute Gasteiger partial charge is 0.233 e. The third kappa shape index (κ3) is 3.79. The molecule has 0 atom stereocenters. The third-order valence-corrected chi connectivity index (χ3v) is 7.05. The van der Waals surface area contributed by atoms with E-state index < -0.39 is 0 Å². The Kier molecular flexibility index (Phi) is 5.56. The van der Waals surface area contributed by atoms with Gasteiger partial charge in [0.25, 0.3) is 0 Å². The molecular formula is C19H21FN4OS2. The highest BCUT2D eigenvalue weighted by Gasteiger charge is 2.21. The van der Waals surface area contributed by atoms with Crippen molar-refractivity contribution in [3.05, 3.63) is 30.3 Å². The number of piperazine rings is 1. The van der Waals surface area contributed by atoms with Crippen molar-refractivity contribution in [1.29, 1.82) is 0 Å². The zero-order valence-corrected chi connectivity index (χ0v) is 16.8. The summed E-state index contributed by atoms with van der Waals surface area (Å²) in [4.78, 5) is 25.5. The minimum absolute atomic E-state index is 0.134. The number of aromatic nitrogens is 2. The van der Waals surface area contributed by atoms with E-state index in [0.29, 0.717) is 16.7 Å². The topological polar surface area (TPSA) is 49.3 Å². The van der Waals surface area contributed by atoms with Gasteiger partial charge in [-0.2, -0.15) is 0 Å². The number of nitrogens with zero attached hydrogens (tertiary/aromatic N) is 4. The fourth-order valence-corrected chi connectivity index (χ4v) is 5.57. The van der Waals surface area contributed by atoms with Crippen LogP contribution in [0, 0.1) is 5.82 Å². The predicted molar refractivity (Wildman–Crippen MR) is 109 cm³/mol. The van der Waals surface area contributed by atoms with Gasteiger partial charge >= 0.3 is 0 Å². The number of benzene rings is 1. The van der Waals surface area contributed by atoms with E-state index in [0.717, 1.165) is 53.6 Å². The molecule has 8 heteroatoms. The SMILES string of the molecule is CCCN1CCN(C(=O)CSc2ncnc3c2sc2cccc(F)c23)CC1. The average Bonchev–Trinajstić information content (AvgIpc) is 3.07. The van der Waals surface area contributed by atoms with Gasteiger partial charge in [0.2, 0.25) is 5.91 Å². The lowest BCUT2D eigenvalue weighted by molar-refractivity contribution is -0.130. The number of carbonyl (C=O) groups excluding carboxylic acids is 1. The van der Waals surface area contributed by atoms with Crippen LogP contribution in [0.4, 0.5) is 4.39 Å². The van der Waals surface area contributed by atoms with Crippen molar-refractivity contribution in [2.45, 2.75) is 18.4 Å². The van der Waals surface area contributed by atoms with E-state index in [9.17, 15) is 9.18 Å². The van der Waals surface area contributed by atoms with E-state index in [4.69, 9.17) is 0 Å². The maximum Gasteiger partial charge on any atom is 0.233 e. The molecule has 3 heterocycles. The van der Waals surface area contributed by atoms with Gasteiger partial charge in [0.05, 0.1) is 21.4 Å². The molecule has 27 heavy (non-hydrogen) atoms. The predicted octanol–water partition coefficient (Wildman–Crippen LogP) is 3.63. The lowest BCUT2D eigenvalue weighted by Gasteiger charge is -2.34. The van der Waals surface area contributed by atoms with Crippen molar-refractivity contribution >= 4 is 49.3 Å². The highest BCUT2D eigenvalue weighted by atomic mass is 32.2. The standard InChI is InChI=1S/C19H21FN4OS2/c1-2-6-23-7-9-24(10-8-23)15(25)11-26-19-18-17(21-12-22-19)16-13(20)4-3-5-14(16)27-18/h3-5,12H,2,6-11H2,1H3. The largest absolute Gasteiger partial charge is 0.339 e. The van der Waals surface area contributed by atoms with E-state index in [1.165, 1.54) is 35.5 Å². The summed E-state index contributed by atoms with van der Waals surface area (Å²) in [5.74, 6) is 0.209. The second kappa shape index (κ2) is 8.08. The van der Waals surface area contributed by atoms with Crippen LogP contribution in [0.1, 0.15) is 13.3 Å². The Morgan fingerprint density at radius 3 is 2.85 bits per heavy atom. The van der Waals surface area contributed by atoms with Crippen LogP contribution in [0.5, 0.6) is 0 Å². The third-order valence-electron chi connectivity index (χ3n) is 4.79. The summed E-state index contributed by atoms with van der Waals surface area (Å²) in [6.07, 6.45) is 2.60. The molecule has 3 aromatic rings. The first-order chi connectivity index (χ1) is 13.2. The molecule has 1 aromatic carbocycles. The molecule has 4 rings (SSSR count). The lowest BCUT2D eigenvalue weighted by atomic mass is 10.2. The second-order valence-corrected chi connectivity index (χ2v) is 8.60. The molecule has 0 saturated carbocycles. The number of hydrogen-bond acceptors (Lipinski definition) is 6. The Hall–Kier alpha value is -1.77. The van der Waals surface area contributed by atoms with Crippen LogP contribution in [0.15, 0.2) is 29.6 Å². The summed E-state index contributed by atoms with van der Waals surface area (Å²) >= 11 is 2.89. The molecule has 1 aliphatic rings. The van der Waals surface area contributed by atoms with Gasteiger partial charge in [-0.3, -0.25) is 9.69 Å². The van der Waals surface area contributed by atoms with E-state index >= 15 is 0 Å². The number of hydrogen-bond donors (Lipinski definition) is 0. The van der Waals surface area contributed by atoms with Crippen molar-refractivity contribution in [2.75, 3.05) is 38.5 Å². The first-order valence-electron chi connectivity index (χ1n) is 9.12. The summed E-state index contributed by atoms with van der Waals surface area (Å²) in [5.41, 5.74) is 0.631. The lowest BCUT2D eigenvalue weighted by Crippen LogP contribution is -2.49. The number of halogens is 1. The van der Waals surface area contributed by atoms with Crippen LogP contribution < -0.4 is 0 Å². The molecule has 0 bridgehead atoms. The first-order valence-corrected chi connectivity index (χ1v) is 10.9. The van der Waals surface area contributed by atoms with Gasteiger partial charge in [-0.15, -0.1) is 11.3 Å². The van der Waals surface area contributed by atoms with Gasteiger partial charge in [0.15, 0.2) is 0 Å². The summed E-state index contributed by atoms with van der Waals surface area (Å²) in [6, 6.07) is 5.04. The maximum absolute atomic E-state index is 14.2. The minimum atomic E-state index is -0.269. The monoisotopic (exact) mass is 404 g/mol. The fourth-order valence-electron chi connectivity index (χ4n) is 3.42. The molecule has 1 fully saturated rings. The van der Waals surface area contributed by atoms with Gasteiger partial charge < -0.3 is 4.90 Å². The molecule has 5 nitrogen and oxygen atoms in total. The zero-order chi connectivity index (χ0) is 18.8.